The van der Waals surface area contributed by atoms with Crippen molar-refractivity contribution in [2.24, 2.45) is 0 Å². The van der Waals surface area contributed by atoms with Crippen molar-refractivity contribution in [2.75, 3.05) is 24.2 Å². The lowest BCUT2D eigenvalue weighted by Gasteiger charge is -2.31. The first-order valence-corrected chi connectivity index (χ1v) is 11.5. The molecule has 0 aliphatic carbocycles. The molecule has 1 unspecified atom stereocenters. The summed E-state index contributed by atoms with van der Waals surface area (Å²) in [4.78, 5) is 26.9. The first-order chi connectivity index (χ1) is 14.0. The normalized spacial score (nSPS) is 12.2. The van der Waals surface area contributed by atoms with Gasteiger partial charge < -0.3 is 10.2 Å². The molecule has 0 bridgehead atoms. The minimum Gasteiger partial charge on any atom is -0.357 e. The van der Waals surface area contributed by atoms with E-state index in [0.717, 1.165) is 27.3 Å². The van der Waals surface area contributed by atoms with Crippen LogP contribution in [0.3, 0.4) is 0 Å². The molecular weight excluding hydrogens is 402 g/mol. The lowest BCUT2D eigenvalue weighted by molar-refractivity contribution is -0.139. The van der Waals surface area contributed by atoms with E-state index in [0.29, 0.717) is 5.69 Å². The van der Waals surface area contributed by atoms with Gasteiger partial charge >= 0.3 is 0 Å². The Balaban J connectivity index is 2.41. The molecule has 7 nitrogen and oxygen atoms in total. The van der Waals surface area contributed by atoms with Crippen molar-refractivity contribution >= 4 is 27.5 Å². The maximum absolute atomic E-state index is 13.3. The van der Waals surface area contributed by atoms with Crippen LogP contribution in [-0.4, -0.2) is 51.0 Å². The van der Waals surface area contributed by atoms with Gasteiger partial charge in [0.25, 0.3) is 0 Å². The molecule has 0 fully saturated rings. The van der Waals surface area contributed by atoms with Gasteiger partial charge in [0.1, 0.15) is 12.6 Å². The Hall–Kier alpha value is -2.87. The highest BCUT2D eigenvalue weighted by atomic mass is 32.2. The van der Waals surface area contributed by atoms with E-state index < -0.39 is 28.5 Å². The minimum atomic E-state index is -3.72. The predicted octanol–water partition coefficient (Wildman–Crippen LogP) is 2.23. The summed E-state index contributed by atoms with van der Waals surface area (Å²) in [6, 6.07) is 14.0. The Labute approximate surface area is 178 Å². The van der Waals surface area contributed by atoms with Crippen LogP contribution in [0.2, 0.25) is 0 Å². The van der Waals surface area contributed by atoms with Gasteiger partial charge in [-0.3, -0.25) is 13.9 Å². The van der Waals surface area contributed by atoms with Crippen LogP contribution in [0, 0.1) is 13.8 Å². The number of hydrogen-bond donors (Lipinski definition) is 1. The fourth-order valence-electron chi connectivity index (χ4n) is 3.15. The van der Waals surface area contributed by atoms with Crippen molar-refractivity contribution in [3.05, 3.63) is 65.2 Å². The molecule has 2 amide bonds. The second-order valence-electron chi connectivity index (χ2n) is 7.36. The van der Waals surface area contributed by atoms with Gasteiger partial charge in [-0.2, -0.15) is 0 Å². The van der Waals surface area contributed by atoms with Crippen LogP contribution in [0.25, 0.3) is 0 Å². The molecule has 2 rings (SSSR count). The number of nitrogens with zero attached hydrogens (tertiary/aromatic N) is 2. The van der Waals surface area contributed by atoms with Crippen molar-refractivity contribution in [1.82, 2.24) is 10.2 Å². The second-order valence-corrected chi connectivity index (χ2v) is 9.26. The lowest BCUT2D eigenvalue weighted by atomic mass is 10.1. The Morgan fingerprint density at radius 2 is 1.70 bits per heavy atom. The largest absolute Gasteiger partial charge is 0.357 e. The van der Waals surface area contributed by atoms with Crippen LogP contribution in [0.15, 0.2) is 48.5 Å². The van der Waals surface area contributed by atoms with Gasteiger partial charge in [-0.1, -0.05) is 42.5 Å². The van der Waals surface area contributed by atoms with Crippen LogP contribution in [0.1, 0.15) is 23.6 Å². The zero-order valence-corrected chi connectivity index (χ0v) is 18.9. The number of benzene rings is 2. The summed E-state index contributed by atoms with van der Waals surface area (Å²) >= 11 is 0. The van der Waals surface area contributed by atoms with Gasteiger partial charge in [0.15, 0.2) is 0 Å². The molecule has 0 aromatic heterocycles. The summed E-state index contributed by atoms with van der Waals surface area (Å²) in [5, 5.41) is 2.55. The van der Waals surface area contributed by atoms with Crippen molar-refractivity contribution in [2.45, 2.75) is 33.4 Å². The highest BCUT2D eigenvalue weighted by molar-refractivity contribution is 7.92. The molecule has 8 heteroatoms. The van der Waals surface area contributed by atoms with Crippen LogP contribution in [0.5, 0.6) is 0 Å². The summed E-state index contributed by atoms with van der Waals surface area (Å²) in [7, 11) is -2.22. The van der Waals surface area contributed by atoms with Crippen LogP contribution >= 0.6 is 0 Å². The molecule has 0 saturated heterocycles. The molecule has 1 N–H and O–H groups in total. The number of amides is 2. The molecule has 2 aromatic carbocycles. The quantitative estimate of drug-likeness (QED) is 0.694. The number of nitrogens with one attached hydrogen (secondary N) is 1. The fraction of sp³-hybridized carbons (Fsp3) is 0.364. The summed E-state index contributed by atoms with van der Waals surface area (Å²) < 4.78 is 26.2. The third-order valence-corrected chi connectivity index (χ3v) is 6.05. The molecule has 0 radical (unpaired) electrons. The van der Waals surface area contributed by atoms with E-state index in [1.54, 1.807) is 19.9 Å². The molecule has 0 spiro atoms. The topological polar surface area (TPSA) is 86.8 Å². The maximum atomic E-state index is 13.3. The lowest BCUT2D eigenvalue weighted by Crippen LogP contribution is -2.50. The Kier molecular flexibility index (Phi) is 7.61. The number of carbonyl (C=O) groups is 2. The van der Waals surface area contributed by atoms with Crippen molar-refractivity contribution < 1.29 is 18.0 Å². The van der Waals surface area contributed by atoms with E-state index >= 15 is 0 Å². The highest BCUT2D eigenvalue weighted by Gasteiger charge is 2.30. The molecule has 0 saturated carbocycles. The highest BCUT2D eigenvalue weighted by Crippen LogP contribution is 2.24. The summed E-state index contributed by atoms with van der Waals surface area (Å²) in [6.07, 6.45) is 1.08. The summed E-state index contributed by atoms with van der Waals surface area (Å²) in [6.45, 7) is 5.09. The molecule has 30 heavy (non-hydrogen) atoms. The number of sulfonamides is 1. The number of hydrogen-bond acceptors (Lipinski definition) is 4. The first-order valence-electron chi connectivity index (χ1n) is 9.64. The SMILES string of the molecule is CNC(=O)C(C)N(Cc1ccccc1)C(=O)CN(c1cc(C)ccc1C)S(C)(=O)=O. The van der Waals surface area contributed by atoms with Crippen LogP contribution in [-0.2, 0) is 26.2 Å². The standard InChI is InChI=1S/C22H29N3O4S/c1-16-11-12-17(2)20(13-16)25(30(5,28)29)15-21(26)24(18(3)22(27)23-4)14-19-9-7-6-8-10-19/h6-13,18H,14-15H2,1-5H3,(H,23,27). The Morgan fingerprint density at radius 1 is 1.07 bits per heavy atom. The van der Waals surface area contributed by atoms with E-state index in [9.17, 15) is 18.0 Å². The van der Waals surface area contributed by atoms with Gasteiger partial charge in [0.2, 0.25) is 21.8 Å². The second kappa shape index (κ2) is 9.75. The zero-order valence-electron chi connectivity index (χ0n) is 18.0. The van der Waals surface area contributed by atoms with Crippen molar-refractivity contribution in [3.63, 3.8) is 0 Å². The molecule has 0 aliphatic heterocycles. The number of carbonyl (C=O) groups excluding carboxylic acids is 2. The van der Waals surface area contributed by atoms with Gasteiger partial charge in [-0.15, -0.1) is 0 Å². The van der Waals surface area contributed by atoms with Gasteiger partial charge in [0, 0.05) is 13.6 Å². The fourth-order valence-corrected chi connectivity index (χ4v) is 4.05. The van der Waals surface area contributed by atoms with E-state index in [-0.39, 0.29) is 12.5 Å². The van der Waals surface area contributed by atoms with E-state index in [2.05, 4.69) is 5.32 Å². The maximum Gasteiger partial charge on any atom is 0.244 e. The van der Waals surface area contributed by atoms with Crippen molar-refractivity contribution in [1.29, 1.82) is 0 Å². The smallest absolute Gasteiger partial charge is 0.244 e. The molecule has 2 aromatic rings. The molecule has 0 aliphatic rings. The van der Waals surface area contributed by atoms with Crippen molar-refractivity contribution in [3.8, 4) is 0 Å². The molecule has 1 atom stereocenters. The number of rotatable bonds is 8. The Morgan fingerprint density at radius 3 is 2.27 bits per heavy atom. The van der Waals surface area contributed by atoms with Crippen LogP contribution in [0.4, 0.5) is 5.69 Å². The number of likely N-dealkylation sites (N-methyl/N-ethyl adjacent to an activating group) is 1. The van der Waals surface area contributed by atoms with Gasteiger partial charge in [-0.05, 0) is 43.5 Å². The first kappa shape index (κ1) is 23.4. The summed E-state index contributed by atoms with van der Waals surface area (Å²) in [5.41, 5.74) is 2.93. The van der Waals surface area contributed by atoms with Gasteiger partial charge in [-0.25, -0.2) is 8.42 Å². The third-order valence-electron chi connectivity index (χ3n) is 4.92. The molecule has 162 valence electrons. The van der Waals surface area contributed by atoms with E-state index in [1.807, 2.05) is 49.4 Å². The van der Waals surface area contributed by atoms with Crippen LogP contribution < -0.4 is 9.62 Å². The number of aryl methyl sites for hydroxylation is 2. The zero-order chi connectivity index (χ0) is 22.5. The summed E-state index contributed by atoms with van der Waals surface area (Å²) in [5.74, 6) is -0.779. The minimum absolute atomic E-state index is 0.193. The van der Waals surface area contributed by atoms with E-state index in [1.165, 1.54) is 11.9 Å². The van der Waals surface area contributed by atoms with Gasteiger partial charge in [0.05, 0.1) is 11.9 Å². The molecule has 0 heterocycles. The number of anilines is 1. The third kappa shape index (κ3) is 5.82. The average Bonchev–Trinajstić information content (AvgIpc) is 2.70. The monoisotopic (exact) mass is 431 g/mol. The average molecular weight is 432 g/mol. The molecular formula is C22H29N3O4S. The van der Waals surface area contributed by atoms with E-state index in [4.69, 9.17) is 0 Å². The predicted molar refractivity (Wildman–Crippen MR) is 119 cm³/mol. The Bertz CT molecular complexity index is 1010.